The maximum atomic E-state index is 10.9. The molecule has 0 unspecified atom stereocenters. The van der Waals surface area contributed by atoms with Gasteiger partial charge in [0.2, 0.25) is 0 Å². The minimum atomic E-state index is -0.633. The summed E-state index contributed by atoms with van der Waals surface area (Å²) >= 11 is 0. The van der Waals surface area contributed by atoms with Crippen LogP contribution in [-0.2, 0) is 4.79 Å². The van der Waals surface area contributed by atoms with Crippen LogP contribution in [0.1, 0.15) is 39.0 Å². The number of rotatable bonds is 2. The minimum Gasteiger partial charge on any atom is -0.481 e. The summed E-state index contributed by atoms with van der Waals surface area (Å²) in [6, 6.07) is 0.542. The number of likely N-dealkylation sites (tertiary alicyclic amines) is 1. The van der Waals surface area contributed by atoms with Gasteiger partial charge in [-0.05, 0) is 38.0 Å². The molecule has 4 heteroatoms. The Morgan fingerprint density at radius 3 is 2.35 bits per heavy atom. The third-order valence-corrected chi connectivity index (χ3v) is 4.45. The molecule has 17 heavy (non-hydrogen) atoms. The van der Waals surface area contributed by atoms with Gasteiger partial charge in [-0.1, -0.05) is 6.92 Å². The molecule has 0 aromatic rings. The lowest BCUT2D eigenvalue weighted by molar-refractivity contribution is -0.143. The average molecular weight is 241 g/mol. The Hall–Kier alpha value is -0.610. The van der Waals surface area contributed by atoms with E-state index in [0.717, 1.165) is 45.2 Å². The van der Waals surface area contributed by atoms with Crippen molar-refractivity contribution >= 4 is 5.97 Å². The molecule has 2 rings (SSSR count). The lowest BCUT2D eigenvalue weighted by Crippen LogP contribution is -2.48. The van der Waals surface area contributed by atoms with Crippen LogP contribution in [0.15, 0.2) is 0 Å². The zero-order valence-corrected chi connectivity index (χ0v) is 10.5. The third-order valence-electron chi connectivity index (χ3n) is 4.45. The van der Waals surface area contributed by atoms with Gasteiger partial charge in [-0.3, -0.25) is 9.69 Å². The van der Waals surface area contributed by atoms with E-state index in [1.165, 1.54) is 0 Å². The van der Waals surface area contributed by atoms with Crippen LogP contribution in [-0.4, -0.2) is 46.3 Å². The molecule has 0 bridgehead atoms. The summed E-state index contributed by atoms with van der Waals surface area (Å²) in [5.41, 5.74) is 0. The molecule has 4 nitrogen and oxygen atoms in total. The minimum absolute atomic E-state index is 0.126. The van der Waals surface area contributed by atoms with Gasteiger partial charge in [0.05, 0.1) is 12.0 Å². The second-order valence-corrected chi connectivity index (χ2v) is 5.67. The summed E-state index contributed by atoms with van der Waals surface area (Å²) in [5.74, 6) is -0.411. The first-order valence-electron chi connectivity index (χ1n) is 6.73. The smallest absolute Gasteiger partial charge is 0.306 e. The number of piperidine rings is 1. The predicted molar refractivity (Wildman–Crippen MR) is 64.7 cm³/mol. The van der Waals surface area contributed by atoms with Gasteiger partial charge in [0.15, 0.2) is 0 Å². The first-order valence-corrected chi connectivity index (χ1v) is 6.73. The Bertz CT molecular complexity index is 274. The largest absolute Gasteiger partial charge is 0.481 e. The Labute approximate surface area is 103 Å². The van der Waals surface area contributed by atoms with Gasteiger partial charge in [0.25, 0.3) is 0 Å². The SMILES string of the molecule is C[C@@H]1CN(C2CCC(C(=O)O)CC2)CC[C@@H]1O. The molecule has 1 heterocycles. The number of hydrogen-bond donors (Lipinski definition) is 2. The normalized spacial score (nSPS) is 40.1. The van der Waals surface area contributed by atoms with Crippen molar-refractivity contribution in [3.05, 3.63) is 0 Å². The van der Waals surface area contributed by atoms with E-state index in [-0.39, 0.29) is 12.0 Å². The Morgan fingerprint density at radius 1 is 1.18 bits per heavy atom. The van der Waals surface area contributed by atoms with Crippen LogP contribution >= 0.6 is 0 Å². The third kappa shape index (κ3) is 2.99. The number of carbonyl (C=O) groups is 1. The van der Waals surface area contributed by atoms with Gasteiger partial charge in [0.1, 0.15) is 0 Å². The van der Waals surface area contributed by atoms with Crippen molar-refractivity contribution in [2.24, 2.45) is 11.8 Å². The van der Waals surface area contributed by atoms with Crippen LogP contribution < -0.4 is 0 Å². The summed E-state index contributed by atoms with van der Waals surface area (Å²) in [7, 11) is 0. The van der Waals surface area contributed by atoms with Crippen LogP contribution in [0.5, 0.6) is 0 Å². The van der Waals surface area contributed by atoms with E-state index in [0.29, 0.717) is 12.0 Å². The molecule has 1 aliphatic heterocycles. The molecule has 1 aliphatic carbocycles. The van der Waals surface area contributed by atoms with Crippen molar-refractivity contribution in [3.8, 4) is 0 Å². The number of aliphatic carboxylic acids is 1. The van der Waals surface area contributed by atoms with E-state index in [1.807, 2.05) is 0 Å². The second kappa shape index (κ2) is 5.36. The van der Waals surface area contributed by atoms with Gasteiger partial charge < -0.3 is 10.2 Å². The fourth-order valence-electron chi connectivity index (χ4n) is 3.19. The first kappa shape index (κ1) is 12.8. The number of carboxylic acids is 1. The van der Waals surface area contributed by atoms with Crippen LogP contribution in [0.2, 0.25) is 0 Å². The molecule has 2 atom stereocenters. The van der Waals surface area contributed by atoms with Crippen molar-refractivity contribution in [2.75, 3.05) is 13.1 Å². The van der Waals surface area contributed by atoms with E-state index in [2.05, 4.69) is 11.8 Å². The summed E-state index contributed by atoms with van der Waals surface area (Å²) in [4.78, 5) is 13.3. The van der Waals surface area contributed by atoms with E-state index in [1.54, 1.807) is 0 Å². The zero-order chi connectivity index (χ0) is 12.4. The van der Waals surface area contributed by atoms with Gasteiger partial charge in [-0.15, -0.1) is 0 Å². The van der Waals surface area contributed by atoms with E-state index >= 15 is 0 Å². The lowest BCUT2D eigenvalue weighted by Gasteiger charge is -2.41. The van der Waals surface area contributed by atoms with Gasteiger partial charge in [-0.2, -0.15) is 0 Å². The number of aliphatic hydroxyl groups excluding tert-OH is 1. The summed E-state index contributed by atoms with van der Waals surface area (Å²) in [6.45, 7) is 4.02. The quantitative estimate of drug-likeness (QED) is 0.765. The highest BCUT2D eigenvalue weighted by Gasteiger charge is 2.32. The van der Waals surface area contributed by atoms with Crippen molar-refractivity contribution in [2.45, 2.75) is 51.2 Å². The van der Waals surface area contributed by atoms with Crippen molar-refractivity contribution in [1.82, 2.24) is 4.90 Å². The predicted octanol–water partition coefficient (Wildman–Crippen LogP) is 1.33. The van der Waals surface area contributed by atoms with Gasteiger partial charge >= 0.3 is 5.97 Å². The zero-order valence-electron chi connectivity index (χ0n) is 10.5. The lowest BCUT2D eigenvalue weighted by atomic mass is 9.84. The highest BCUT2D eigenvalue weighted by atomic mass is 16.4. The first-order chi connectivity index (χ1) is 8.08. The highest BCUT2D eigenvalue weighted by molar-refractivity contribution is 5.70. The fraction of sp³-hybridized carbons (Fsp3) is 0.923. The monoisotopic (exact) mass is 241 g/mol. The molecule has 0 spiro atoms. The van der Waals surface area contributed by atoms with Crippen LogP contribution in [0.3, 0.4) is 0 Å². The molecule has 0 radical (unpaired) electrons. The molecular weight excluding hydrogens is 218 g/mol. The average Bonchev–Trinajstić information content (AvgIpc) is 2.33. The molecule has 2 fully saturated rings. The number of nitrogens with zero attached hydrogens (tertiary/aromatic N) is 1. The van der Waals surface area contributed by atoms with Crippen molar-refractivity contribution in [1.29, 1.82) is 0 Å². The Morgan fingerprint density at radius 2 is 1.82 bits per heavy atom. The van der Waals surface area contributed by atoms with Crippen molar-refractivity contribution < 1.29 is 15.0 Å². The Balaban J connectivity index is 1.83. The van der Waals surface area contributed by atoms with E-state index in [4.69, 9.17) is 5.11 Å². The molecule has 2 aliphatic rings. The maximum absolute atomic E-state index is 10.9. The summed E-state index contributed by atoms with van der Waals surface area (Å²) in [5, 5.41) is 18.7. The van der Waals surface area contributed by atoms with Crippen molar-refractivity contribution in [3.63, 3.8) is 0 Å². The van der Waals surface area contributed by atoms with E-state index in [9.17, 15) is 9.90 Å². The summed E-state index contributed by atoms with van der Waals surface area (Å²) in [6.07, 6.45) is 4.34. The maximum Gasteiger partial charge on any atom is 0.306 e. The Kier molecular flexibility index (Phi) is 4.05. The molecule has 1 saturated carbocycles. The van der Waals surface area contributed by atoms with Crippen LogP contribution in [0, 0.1) is 11.8 Å². The van der Waals surface area contributed by atoms with Gasteiger partial charge in [-0.25, -0.2) is 0 Å². The molecule has 0 amide bonds. The highest BCUT2D eigenvalue weighted by Crippen LogP contribution is 2.30. The fourth-order valence-corrected chi connectivity index (χ4v) is 3.19. The molecular formula is C13H23NO3. The van der Waals surface area contributed by atoms with Gasteiger partial charge in [0, 0.05) is 19.1 Å². The molecule has 0 aromatic heterocycles. The molecule has 98 valence electrons. The number of hydrogen-bond acceptors (Lipinski definition) is 3. The summed E-state index contributed by atoms with van der Waals surface area (Å²) < 4.78 is 0. The van der Waals surface area contributed by atoms with Crippen LogP contribution in [0.25, 0.3) is 0 Å². The van der Waals surface area contributed by atoms with Crippen LogP contribution in [0.4, 0.5) is 0 Å². The molecule has 2 N–H and O–H groups in total. The molecule has 1 saturated heterocycles. The second-order valence-electron chi connectivity index (χ2n) is 5.67. The number of carboxylic acid groups (broad SMARTS) is 1. The molecule has 0 aromatic carbocycles. The number of aliphatic hydroxyl groups is 1. The van der Waals surface area contributed by atoms with E-state index < -0.39 is 5.97 Å². The topological polar surface area (TPSA) is 60.8 Å². The standard InChI is InChI=1S/C13H23NO3/c1-9-8-14(7-6-12(9)15)11-4-2-10(3-5-11)13(16)17/h9-12,15H,2-8H2,1H3,(H,16,17)/t9-,10?,11?,12+/m1/s1.